The van der Waals surface area contributed by atoms with Crippen LogP contribution in [-0.2, 0) is 6.54 Å². The lowest BCUT2D eigenvalue weighted by molar-refractivity contribution is 0.0718. The molecule has 0 atom stereocenters. The van der Waals surface area contributed by atoms with E-state index in [1.165, 1.54) is 23.3 Å². The van der Waals surface area contributed by atoms with E-state index in [2.05, 4.69) is 4.98 Å². The van der Waals surface area contributed by atoms with Crippen molar-refractivity contribution in [2.75, 3.05) is 31.1 Å². The van der Waals surface area contributed by atoms with Gasteiger partial charge in [-0.1, -0.05) is 12.1 Å². The van der Waals surface area contributed by atoms with E-state index in [0.29, 0.717) is 19.6 Å². The molecule has 27 heavy (non-hydrogen) atoms. The second-order valence-electron chi connectivity index (χ2n) is 6.85. The Morgan fingerprint density at radius 1 is 1.15 bits per heavy atom. The maximum atomic E-state index is 13.3. The number of oxazole rings is 1. The van der Waals surface area contributed by atoms with Gasteiger partial charge in [-0.05, 0) is 37.0 Å². The minimum absolute atomic E-state index is 0.127. The molecule has 0 N–H and O–H groups in total. The Morgan fingerprint density at radius 2 is 1.96 bits per heavy atom. The number of likely N-dealkylation sites (tertiary alicyclic amines) is 1. The van der Waals surface area contributed by atoms with Gasteiger partial charge in [0, 0.05) is 32.7 Å². The highest BCUT2D eigenvalue weighted by Gasteiger charge is 2.33. The highest BCUT2D eigenvalue weighted by molar-refractivity contribution is 5.95. The fraction of sp³-hybridized carbons (Fsp3) is 0.421. The highest BCUT2D eigenvalue weighted by atomic mass is 19.1. The zero-order chi connectivity index (χ0) is 18.8. The summed E-state index contributed by atoms with van der Waals surface area (Å²) in [5.41, 5.74) is 0.946. The Morgan fingerprint density at radius 3 is 2.74 bits per heavy atom. The quantitative estimate of drug-likeness (QED) is 0.828. The lowest BCUT2D eigenvalue weighted by Gasteiger charge is -2.25. The average molecular weight is 372 g/mol. The molecule has 4 rings (SSSR count). The smallest absolute Gasteiger partial charge is 0.328 e. The molecule has 8 heteroatoms. The number of amides is 3. The van der Waals surface area contributed by atoms with Gasteiger partial charge in [0.25, 0.3) is 5.91 Å². The van der Waals surface area contributed by atoms with Crippen LogP contribution in [0, 0.1) is 5.82 Å². The van der Waals surface area contributed by atoms with E-state index in [0.717, 1.165) is 37.9 Å². The number of hydrogen-bond donors (Lipinski definition) is 0. The monoisotopic (exact) mass is 372 g/mol. The van der Waals surface area contributed by atoms with Gasteiger partial charge in [-0.2, -0.15) is 4.98 Å². The molecular weight excluding hydrogens is 351 g/mol. The molecule has 0 saturated carbocycles. The molecule has 7 nitrogen and oxygen atoms in total. The molecular formula is C19H21FN4O3. The van der Waals surface area contributed by atoms with Crippen molar-refractivity contribution in [3.63, 3.8) is 0 Å². The molecule has 0 spiro atoms. The summed E-state index contributed by atoms with van der Waals surface area (Å²) in [6.07, 6.45) is 4.44. The number of piperidine rings is 1. The number of hydrogen-bond acceptors (Lipinski definition) is 4. The second-order valence-corrected chi connectivity index (χ2v) is 6.85. The summed E-state index contributed by atoms with van der Waals surface area (Å²) in [5, 5.41) is 0. The SMILES string of the molecule is O=C(c1coc(N2CCN(Cc3cccc(F)c3)C2=O)n1)N1CCCCC1. The summed E-state index contributed by atoms with van der Waals surface area (Å²) < 4.78 is 18.7. The summed E-state index contributed by atoms with van der Waals surface area (Å²) in [5.74, 6) is -0.488. The van der Waals surface area contributed by atoms with Gasteiger partial charge < -0.3 is 14.2 Å². The Bertz CT molecular complexity index is 847. The molecule has 3 amide bonds. The fourth-order valence-corrected chi connectivity index (χ4v) is 3.51. The average Bonchev–Trinajstić information content (AvgIpc) is 3.29. The molecule has 2 aliphatic rings. The molecule has 0 unspecified atom stereocenters. The van der Waals surface area contributed by atoms with Crippen molar-refractivity contribution in [3.8, 4) is 0 Å². The van der Waals surface area contributed by atoms with E-state index in [1.807, 2.05) is 0 Å². The summed E-state index contributed by atoms with van der Waals surface area (Å²) in [4.78, 5) is 34.2. The molecule has 142 valence electrons. The number of aromatic nitrogens is 1. The summed E-state index contributed by atoms with van der Waals surface area (Å²) in [6, 6.07) is 6.04. The number of anilines is 1. The first kappa shape index (κ1) is 17.5. The molecule has 0 bridgehead atoms. The third-order valence-electron chi connectivity index (χ3n) is 4.94. The number of benzene rings is 1. The van der Waals surface area contributed by atoms with Gasteiger partial charge in [0.05, 0.1) is 0 Å². The first-order valence-corrected chi connectivity index (χ1v) is 9.17. The van der Waals surface area contributed by atoms with Crippen molar-refractivity contribution in [3.05, 3.63) is 47.6 Å². The van der Waals surface area contributed by atoms with Crippen LogP contribution < -0.4 is 4.90 Å². The van der Waals surface area contributed by atoms with Gasteiger partial charge in [0.2, 0.25) is 0 Å². The van der Waals surface area contributed by atoms with E-state index in [9.17, 15) is 14.0 Å². The maximum absolute atomic E-state index is 13.3. The van der Waals surface area contributed by atoms with Crippen LogP contribution in [-0.4, -0.2) is 52.9 Å². The molecule has 3 heterocycles. The zero-order valence-electron chi connectivity index (χ0n) is 14.9. The van der Waals surface area contributed by atoms with Gasteiger partial charge in [0.1, 0.15) is 12.1 Å². The number of carbonyl (C=O) groups is 2. The molecule has 0 aliphatic carbocycles. The van der Waals surface area contributed by atoms with Crippen molar-refractivity contribution < 1.29 is 18.4 Å². The van der Waals surface area contributed by atoms with Crippen molar-refractivity contribution in [1.29, 1.82) is 0 Å². The van der Waals surface area contributed by atoms with E-state index in [-0.39, 0.29) is 29.5 Å². The molecule has 2 saturated heterocycles. The van der Waals surface area contributed by atoms with Gasteiger partial charge in [-0.3, -0.25) is 4.79 Å². The predicted octanol–water partition coefficient (Wildman–Crippen LogP) is 2.88. The van der Waals surface area contributed by atoms with Gasteiger partial charge in [0.15, 0.2) is 5.69 Å². The minimum atomic E-state index is -0.329. The number of halogens is 1. The first-order valence-electron chi connectivity index (χ1n) is 9.17. The van der Waals surface area contributed by atoms with Crippen LogP contribution >= 0.6 is 0 Å². The molecule has 0 radical (unpaired) electrons. The highest BCUT2D eigenvalue weighted by Crippen LogP contribution is 2.22. The van der Waals surface area contributed by atoms with Crippen molar-refractivity contribution in [2.45, 2.75) is 25.8 Å². The molecule has 2 aliphatic heterocycles. The minimum Gasteiger partial charge on any atom is -0.431 e. The van der Waals surface area contributed by atoms with E-state index < -0.39 is 0 Å². The standard InChI is InChI=1S/C19H21FN4O3/c20-15-6-4-5-14(11-15)12-23-9-10-24(19(23)26)18-21-16(13-27-18)17(25)22-7-2-1-3-8-22/h4-6,11,13H,1-3,7-10,12H2. The van der Waals surface area contributed by atoms with Crippen LogP contribution in [0.1, 0.15) is 35.3 Å². The Labute approximate surface area is 156 Å². The van der Waals surface area contributed by atoms with Crippen molar-refractivity contribution in [1.82, 2.24) is 14.8 Å². The van der Waals surface area contributed by atoms with Gasteiger partial charge >= 0.3 is 12.0 Å². The van der Waals surface area contributed by atoms with Crippen LogP contribution in [0.5, 0.6) is 0 Å². The number of nitrogens with zero attached hydrogens (tertiary/aromatic N) is 4. The number of rotatable bonds is 4. The van der Waals surface area contributed by atoms with Crippen LogP contribution in [0.2, 0.25) is 0 Å². The summed E-state index contributed by atoms with van der Waals surface area (Å²) >= 11 is 0. The van der Waals surface area contributed by atoms with Gasteiger partial charge in [-0.15, -0.1) is 0 Å². The number of urea groups is 1. The normalized spacial score (nSPS) is 17.7. The van der Waals surface area contributed by atoms with Crippen LogP contribution in [0.15, 0.2) is 34.9 Å². The Hall–Kier alpha value is -2.90. The maximum Gasteiger partial charge on any atom is 0.328 e. The van der Waals surface area contributed by atoms with Crippen molar-refractivity contribution in [2.24, 2.45) is 0 Å². The summed E-state index contributed by atoms with van der Waals surface area (Å²) in [7, 11) is 0. The van der Waals surface area contributed by atoms with E-state index in [4.69, 9.17) is 4.42 Å². The Balaban J connectivity index is 1.43. The van der Waals surface area contributed by atoms with E-state index >= 15 is 0 Å². The number of carbonyl (C=O) groups excluding carboxylic acids is 2. The predicted molar refractivity (Wildman–Crippen MR) is 95.8 cm³/mol. The van der Waals surface area contributed by atoms with Crippen LogP contribution in [0.3, 0.4) is 0 Å². The molecule has 2 fully saturated rings. The van der Waals surface area contributed by atoms with Crippen LogP contribution in [0.4, 0.5) is 15.2 Å². The lowest BCUT2D eigenvalue weighted by atomic mass is 10.1. The largest absolute Gasteiger partial charge is 0.431 e. The first-order chi connectivity index (χ1) is 13.1. The van der Waals surface area contributed by atoms with E-state index in [1.54, 1.807) is 21.9 Å². The lowest BCUT2D eigenvalue weighted by Crippen LogP contribution is -2.36. The van der Waals surface area contributed by atoms with Crippen LogP contribution in [0.25, 0.3) is 0 Å². The fourth-order valence-electron chi connectivity index (χ4n) is 3.51. The third kappa shape index (κ3) is 3.65. The molecule has 1 aromatic carbocycles. The molecule has 2 aromatic rings. The topological polar surface area (TPSA) is 69.9 Å². The molecule has 1 aromatic heterocycles. The van der Waals surface area contributed by atoms with Crippen molar-refractivity contribution >= 4 is 18.0 Å². The second kappa shape index (κ2) is 7.38. The third-order valence-corrected chi connectivity index (χ3v) is 4.94. The Kier molecular flexibility index (Phi) is 4.79. The van der Waals surface area contributed by atoms with Gasteiger partial charge in [-0.25, -0.2) is 14.1 Å². The zero-order valence-corrected chi connectivity index (χ0v) is 14.9. The summed E-state index contributed by atoms with van der Waals surface area (Å²) in [6.45, 7) is 2.66.